The molecule has 0 aliphatic carbocycles. The summed E-state index contributed by atoms with van der Waals surface area (Å²) in [5.74, 6) is 0.805. The van der Waals surface area contributed by atoms with Gasteiger partial charge in [0.05, 0.1) is 0 Å². The van der Waals surface area contributed by atoms with Crippen LogP contribution in [0.25, 0.3) is 11.1 Å². The average Bonchev–Trinajstić information content (AvgIpc) is 2.49. The van der Waals surface area contributed by atoms with Crippen molar-refractivity contribution in [2.24, 2.45) is 5.92 Å². The van der Waals surface area contributed by atoms with Gasteiger partial charge in [-0.2, -0.15) is 0 Å². The van der Waals surface area contributed by atoms with E-state index >= 15 is 0 Å². The minimum Gasteiger partial charge on any atom is -0.316 e. The molecule has 2 aromatic rings. The van der Waals surface area contributed by atoms with E-state index in [1.54, 1.807) is 0 Å². The highest BCUT2D eigenvalue weighted by molar-refractivity contribution is 5.63. The van der Waals surface area contributed by atoms with Crippen molar-refractivity contribution >= 4 is 0 Å². The fourth-order valence-corrected chi connectivity index (χ4v) is 2.94. The van der Waals surface area contributed by atoms with Gasteiger partial charge in [-0.05, 0) is 55.0 Å². The predicted octanol–water partition coefficient (Wildman–Crippen LogP) is 3.90. The van der Waals surface area contributed by atoms with Crippen LogP contribution >= 0.6 is 0 Å². The first kappa shape index (κ1) is 12.4. The van der Waals surface area contributed by atoms with Gasteiger partial charge in [-0.15, -0.1) is 0 Å². The molecule has 1 aliphatic rings. The molecule has 0 amide bonds. The summed E-state index contributed by atoms with van der Waals surface area (Å²) < 4.78 is 0. The third kappa shape index (κ3) is 3.24. The molecule has 19 heavy (non-hydrogen) atoms. The van der Waals surface area contributed by atoms with Crippen molar-refractivity contribution < 1.29 is 0 Å². The van der Waals surface area contributed by atoms with Gasteiger partial charge in [0.1, 0.15) is 0 Å². The highest BCUT2D eigenvalue weighted by atomic mass is 14.9. The van der Waals surface area contributed by atoms with Gasteiger partial charge in [-0.25, -0.2) is 0 Å². The molecule has 98 valence electrons. The Bertz CT molecular complexity index is 512. The van der Waals surface area contributed by atoms with Gasteiger partial charge >= 0.3 is 0 Å². The normalized spacial score (nSPS) is 19.3. The Kier molecular flexibility index (Phi) is 3.95. The molecule has 1 nitrogen and oxygen atoms in total. The SMILES string of the molecule is c1ccc(-c2cccc(CC3CCCNC3)c2)cc1. The Morgan fingerprint density at radius 3 is 2.58 bits per heavy atom. The van der Waals surface area contributed by atoms with Crippen LogP contribution in [0.5, 0.6) is 0 Å². The van der Waals surface area contributed by atoms with E-state index in [2.05, 4.69) is 59.9 Å². The maximum Gasteiger partial charge on any atom is -0.00173 e. The van der Waals surface area contributed by atoms with Crippen LogP contribution in [0.15, 0.2) is 54.6 Å². The molecule has 1 unspecified atom stereocenters. The Morgan fingerprint density at radius 2 is 1.79 bits per heavy atom. The van der Waals surface area contributed by atoms with Gasteiger partial charge in [0.15, 0.2) is 0 Å². The van der Waals surface area contributed by atoms with Crippen LogP contribution < -0.4 is 5.32 Å². The zero-order chi connectivity index (χ0) is 12.9. The van der Waals surface area contributed by atoms with Crippen LogP contribution in [-0.4, -0.2) is 13.1 Å². The molecule has 1 fully saturated rings. The van der Waals surface area contributed by atoms with E-state index in [0.717, 1.165) is 5.92 Å². The maximum absolute atomic E-state index is 3.50. The van der Waals surface area contributed by atoms with E-state index in [1.807, 2.05) is 0 Å². The molecule has 0 saturated carbocycles. The lowest BCUT2D eigenvalue weighted by Crippen LogP contribution is -2.30. The number of hydrogen-bond acceptors (Lipinski definition) is 1. The molecule has 2 aromatic carbocycles. The van der Waals surface area contributed by atoms with Gasteiger partial charge in [-0.3, -0.25) is 0 Å². The standard InChI is InChI=1S/C18H21N/c1-2-8-17(9-3-1)18-10-4-6-15(13-18)12-16-7-5-11-19-14-16/h1-4,6,8-10,13,16,19H,5,7,11-12,14H2. The molecule has 0 bridgehead atoms. The topological polar surface area (TPSA) is 12.0 Å². The molecule has 0 aromatic heterocycles. The van der Waals surface area contributed by atoms with Gasteiger partial charge in [-0.1, -0.05) is 54.6 Å². The maximum atomic E-state index is 3.50. The third-order valence-electron chi connectivity index (χ3n) is 3.96. The second kappa shape index (κ2) is 6.03. The summed E-state index contributed by atoms with van der Waals surface area (Å²) >= 11 is 0. The van der Waals surface area contributed by atoms with Gasteiger partial charge in [0, 0.05) is 0 Å². The van der Waals surface area contributed by atoms with Crippen molar-refractivity contribution in [1.29, 1.82) is 0 Å². The van der Waals surface area contributed by atoms with Crippen LogP contribution in [0.2, 0.25) is 0 Å². The van der Waals surface area contributed by atoms with Crippen molar-refractivity contribution in [1.82, 2.24) is 5.32 Å². The summed E-state index contributed by atoms with van der Waals surface area (Å²) in [5.41, 5.74) is 4.11. The van der Waals surface area contributed by atoms with Crippen molar-refractivity contribution in [3.05, 3.63) is 60.2 Å². The highest BCUT2D eigenvalue weighted by Gasteiger charge is 2.13. The summed E-state index contributed by atoms with van der Waals surface area (Å²) in [6, 6.07) is 19.7. The van der Waals surface area contributed by atoms with E-state index in [9.17, 15) is 0 Å². The molecular formula is C18H21N. The lowest BCUT2D eigenvalue weighted by Gasteiger charge is -2.22. The van der Waals surface area contributed by atoms with Gasteiger partial charge in [0.2, 0.25) is 0 Å². The molecule has 3 rings (SSSR count). The van der Waals surface area contributed by atoms with Crippen LogP contribution in [0, 0.1) is 5.92 Å². The quantitative estimate of drug-likeness (QED) is 0.872. The van der Waals surface area contributed by atoms with Gasteiger partial charge in [0.25, 0.3) is 0 Å². The molecule has 0 spiro atoms. The van der Waals surface area contributed by atoms with Crippen molar-refractivity contribution in [3.8, 4) is 11.1 Å². The molecule has 1 atom stereocenters. The first-order chi connectivity index (χ1) is 9.42. The van der Waals surface area contributed by atoms with E-state index in [-0.39, 0.29) is 0 Å². The Morgan fingerprint density at radius 1 is 0.947 bits per heavy atom. The lowest BCUT2D eigenvalue weighted by atomic mass is 9.91. The summed E-state index contributed by atoms with van der Waals surface area (Å²) in [5, 5.41) is 3.50. The van der Waals surface area contributed by atoms with Crippen molar-refractivity contribution in [2.75, 3.05) is 13.1 Å². The van der Waals surface area contributed by atoms with Crippen molar-refractivity contribution in [3.63, 3.8) is 0 Å². The zero-order valence-electron chi connectivity index (χ0n) is 11.3. The van der Waals surface area contributed by atoms with Crippen LogP contribution in [-0.2, 0) is 6.42 Å². The average molecular weight is 251 g/mol. The fraction of sp³-hybridized carbons (Fsp3) is 0.333. The molecule has 0 radical (unpaired) electrons. The minimum absolute atomic E-state index is 0.805. The van der Waals surface area contributed by atoms with Crippen LogP contribution in [0.4, 0.5) is 0 Å². The minimum atomic E-state index is 0.805. The van der Waals surface area contributed by atoms with E-state index < -0.39 is 0 Å². The fourth-order valence-electron chi connectivity index (χ4n) is 2.94. The number of rotatable bonds is 3. The molecular weight excluding hydrogens is 230 g/mol. The summed E-state index contributed by atoms with van der Waals surface area (Å²) in [6.45, 7) is 2.37. The van der Waals surface area contributed by atoms with Crippen LogP contribution in [0.1, 0.15) is 18.4 Å². The smallest absolute Gasteiger partial charge is 0.00173 e. The number of nitrogens with one attached hydrogen (secondary N) is 1. The van der Waals surface area contributed by atoms with Crippen LogP contribution in [0.3, 0.4) is 0 Å². The molecule has 1 heteroatoms. The second-order valence-electron chi connectivity index (χ2n) is 5.48. The summed E-state index contributed by atoms with van der Waals surface area (Å²) in [7, 11) is 0. The van der Waals surface area contributed by atoms with Crippen molar-refractivity contribution in [2.45, 2.75) is 19.3 Å². The molecule has 1 N–H and O–H groups in total. The summed E-state index contributed by atoms with van der Waals surface area (Å²) in [6.07, 6.45) is 3.89. The molecule has 1 heterocycles. The lowest BCUT2D eigenvalue weighted by molar-refractivity contribution is 0.376. The van der Waals surface area contributed by atoms with E-state index in [0.29, 0.717) is 0 Å². The largest absolute Gasteiger partial charge is 0.316 e. The first-order valence-corrected chi connectivity index (χ1v) is 7.27. The Hall–Kier alpha value is -1.60. The number of hydrogen-bond donors (Lipinski definition) is 1. The van der Waals surface area contributed by atoms with E-state index in [4.69, 9.17) is 0 Å². The van der Waals surface area contributed by atoms with E-state index in [1.165, 1.54) is 49.0 Å². The number of benzene rings is 2. The Balaban J connectivity index is 1.76. The second-order valence-corrected chi connectivity index (χ2v) is 5.48. The van der Waals surface area contributed by atoms with Gasteiger partial charge < -0.3 is 5.32 Å². The highest BCUT2D eigenvalue weighted by Crippen LogP contribution is 2.23. The molecule has 1 saturated heterocycles. The first-order valence-electron chi connectivity index (χ1n) is 7.27. The number of piperidine rings is 1. The third-order valence-corrected chi connectivity index (χ3v) is 3.96. The zero-order valence-corrected chi connectivity index (χ0v) is 11.3. The monoisotopic (exact) mass is 251 g/mol. The summed E-state index contributed by atoms with van der Waals surface area (Å²) in [4.78, 5) is 0. The predicted molar refractivity (Wildman–Crippen MR) is 81.2 cm³/mol. The Labute approximate surface area is 115 Å². The molecule has 1 aliphatic heterocycles.